The van der Waals surface area contributed by atoms with Gasteiger partial charge in [-0.05, 0) is 12.3 Å². The van der Waals surface area contributed by atoms with E-state index in [0.717, 1.165) is 19.3 Å². The van der Waals surface area contributed by atoms with Crippen molar-refractivity contribution in [2.75, 3.05) is 6.61 Å². The van der Waals surface area contributed by atoms with Crippen molar-refractivity contribution in [3.05, 3.63) is 0 Å². The minimum Gasteiger partial charge on any atom is -0.257 e. The first-order valence-electron chi connectivity index (χ1n) is 6.36. The molecule has 0 bridgehead atoms. The first kappa shape index (κ1) is 20.6. The van der Waals surface area contributed by atoms with E-state index in [-0.39, 0.29) is 6.61 Å². The highest BCUT2D eigenvalue weighted by Crippen LogP contribution is 2.22. The van der Waals surface area contributed by atoms with E-state index in [0.29, 0.717) is 22.9 Å². The number of nitrogens with one attached hydrogen (secondary N) is 1. The van der Waals surface area contributed by atoms with Gasteiger partial charge in [0.15, 0.2) is 0 Å². The second kappa shape index (κ2) is 8.30. The van der Waals surface area contributed by atoms with Gasteiger partial charge in [-0.25, -0.2) is 8.42 Å². The summed E-state index contributed by atoms with van der Waals surface area (Å²) in [5, 5.41) is 0. The van der Waals surface area contributed by atoms with Crippen LogP contribution in [0.3, 0.4) is 0 Å². The number of rotatable bonds is 10. The maximum Gasteiger partial charge on any atom is 0.512 e. The Morgan fingerprint density at radius 3 is 2.00 bits per heavy atom. The molecule has 0 aromatic rings. The molecule has 0 aliphatic heterocycles. The third-order valence-electron chi connectivity index (χ3n) is 2.43. The first-order valence-corrected chi connectivity index (χ1v) is 9.26. The number of alkyl halides is 3. The second-order valence-electron chi connectivity index (χ2n) is 4.91. The van der Waals surface area contributed by atoms with E-state index in [2.05, 4.69) is 18.0 Å². The summed E-state index contributed by atoms with van der Waals surface area (Å²) in [5.41, 5.74) is -5.71. The minimum atomic E-state index is -5.98. The highest BCUT2D eigenvalue weighted by molar-refractivity contribution is 8.03. The summed E-state index contributed by atoms with van der Waals surface area (Å²) >= 11 is 0. The van der Waals surface area contributed by atoms with Gasteiger partial charge in [-0.1, -0.05) is 43.7 Å². The van der Waals surface area contributed by atoms with Crippen molar-refractivity contribution in [3.8, 4) is 0 Å². The Balaban J connectivity index is 4.06. The zero-order valence-electron chi connectivity index (χ0n) is 11.8. The Bertz CT molecular complexity index is 499. The lowest BCUT2D eigenvalue weighted by Crippen LogP contribution is -2.41. The van der Waals surface area contributed by atoms with Crippen molar-refractivity contribution in [2.24, 2.45) is 5.92 Å². The van der Waals surface area contributed by atoms with Crippen LogP contribution in [0.1, 0.15) is 46.0 Å². The summed E-state index contributed by atoms with van der Waals surface area (Å²) in [6, 6.07) is 0. The fraction of sp³-hybridized carbons (Fsp3) is 1.00. The summed E-state index contributed by atoms with van der Waals surface area (Å²) in [7, 11) is -11.0. The molecule has 0 radical (unpaired) electrons. The average molecular weight is 355 g/mol. The molecular formula is C10H20F3NO5S2. The largest absolute Gasteiger partial charge is 0.512 e. The molecule has 0 aromatic heterocycles. The van der Waals surface area contributed by atoms with Gasteiger partial charge in [0.1, 0.15) is 0 Å². The lowest BCUT2D eigenvalue weighted by atomic mass is 10.0. The molecule has 0 atom stereocenters. The van der Waals surface area contributed by atoms with Gasteiger partial charge in [0.2, 0.25) is 0 Å². The summed E-state index contributed by atoms with van der Waals surface area (Å²) in [4.78, 5) is 0. The molecule has 0 heterocycles. The van der Waals surface area contributed by atoms with Crippen molar-refractivity contribution in [2.45, 2.75) is 51.5 Å². The van der Waals surface area contributed by atoms with Gasteiger partial charge in [0, 0.05) is 0 Å². The van der Waals surface area contributed by atoms with Crippen LogP contribution in [0.15, 0.2) is 0 Å². The summed E-state index contributed by atoms with van der Waals surface area (Å²) in [6.45, 7) is 3.77. The molecule has 0 spiro atoms. The van der Waals surface area contributed by atoms with E-state index in [9.17, 15) is 30.0 Å². The summed E-state index contributed by atoms with van der Waals surface area (Å²) < 4.78 is 84.0. The van der Waals surface area contributed by atoms with Crippen molar-refractivity contribution >= 4 is 20.3 Å². The smallest absolute Gasteiger partial charge is 0.257 e. The van der Waals surface area contributed by atoms with Crippen LogP contribution in [0.25, 0.3) is 0 Å². The number of unbranched alkanes of at least 4 members (excludes halogenated alkanes) is 3. The lowest BCUT2D eigenvalue weighted by Gasteiger charge is -2.10. The maximum atomic E-state index is 12.0. The first-order chi connectivity index (χ1) is 9.37. The van der Waals surface area contributed by atoms with Crippen LogP contribution in [0, 0.1) is 5.92 Å². The monoisotopic (exact) mass is 355 g/mol. The molecule has 0 fully saturated rings. The molecule has 0 aliphatic carbocycles. The Morgan fingerprint density at radius 2 is 1.52 bits per heavy atom. The fourth-order valence-electron chi connectivity index (χ4n) is 1.38. The molecule has 0 aromatic carbocycles. The van der Waals surface area contributed by atoms with Gasteiger partial charge < -0.3 is 0 Å². The van der Waals surface area contributed by atoms with E-state index in [1.807, 2.05) is 0 Å². The predicted molar refractivity (Wildman–Crippen MR) is 70.9 cm³/mol. The van der Waals surface area contributed by atoms with Gasteiger partial charge in [0.05, 0.1) is 6.61 Å². The van der Waals surface area contributed by atoms with Crippen LogP contribution in [0.5, 0.6) is 0 Å². The molecule has 0 aliphatic rings. The molecule has 1 N–H and O–H groups in total. The van der Waals surface area contributed by atoms with Crippen LogP contribution < -0.4 is 4.13 Å². The SMILES string of the molecule is CC(C)CCCCCCOS(=O)(=O)NS(=O)(=O)C(F)(F)F. The molecule has 0 rings (SSSR count). The van der Waals surface area contributed by atoms with Crippen molar-refractivity contribution < 1.29 is 34.2 Å². The number of hydrogen-bond acceptors (Lipinski definition) is 5. The van der Waals surface area contributed by atoms with Crippen LogP contribution in [-0.4, -0.2) is 29.0 Å². The summed E-state index contributed by atoms with van der Waals surface area (Å²) in [5.74, 6) is 0.568. The highest BCUT2D eigenvalue weighted by Gasteiger charge is 2.48. The van der Waals surface area contributed by atoms with E-state index in [1.54, 1.807) is 0 Å². The third kappa shape index (κ3) is 9.27. The standard InChI is InChI=1S/C10H20F3NO5S2/c1-9(2)7-5-3-4-6-8-19-21(17,18)14-20(15,16)10(11,12)13/h9,14H,3-8H2,1-2H3. The minimum absolute atomic E-state index is 0.311. The summed E-state index contributed by atoms with van der Waals surface area (Å²) in [6.07, 6.45) is 3.80. The average Bonchev–Trinajstić information content (AvgIpc) is 2.24. The quantitative estimate of drug-likeness (QED) is 0.607. The topological polar surface area (TPSA) is 89.5 Å². The molecule has 0 amide bonds. The van der Waals surface area contributed by atoms with E-state index in [4.69, 9.17) is 0 Å². The maximum absolute atomic E-state index is 12.0. The Hall–Kier alpha value is -0.390. The van der Waals surface area contributed by atoms with Gasteiger partial charge in [0.25, 0.3) is 0 Å². The van der Waals surface area contributed by atoms with Crippen LogP contribution in [0.2, 0.25) is 0 Å². The third-order valence-corrected chi connectivity index (χ3v) is 5.21. The second-order valence-corrected chi connectivity index (χ2v) is 8.19. The van der Waals surface area contributed by atoms with Gasteiger partial charge in [-0.15, -0.1) is 0 Å². The molecule has 0 unspecified atom stereocenters. The zero-order valence-corrected chi connectivity index (χ0v) is 13.4. The molecule has 11 heteroatoms. The van der Waals surface area contributed by atoms with E-state index >= 15 is 0 Å². The van der Waals surface area contributed by atoms with Gasteiger partial charge >= 0.3 is 25.8 Å². The molecule has 21 heavy (non-hydrogen) atoms. The van der Waals surface area contributed by atoms with Crippen molar-refractivity contribution in [3.63, 3.8) is 0 Å². The predicted octanol–water partition coefficient (Wildman–Crippen LogP) is 2.29. The molecule has 6 nitrogen and oxygen atoms in total. The Morgan fingerprint density at radius 1 is 1.00 bits per heavy atom. The Labute approximate surface area is 123 Å². The molecular weight excluding hydrogens is 335 g/mol. The fourth-order valence-corrected chi connectivity index (χ4v) is 3.37. The number of halogens is 3. The van der Waals surface area contributed by atoms with Gasteiger partial charge in [-0.3, -0.25) is 4.18 Å². The number of sulfonamides is 1. The van der Waals surface area contributed by atoms with Crippen LogP contribution >= 0.6 is 0 Å². The van der Waals surface area contributed by atoms with Gasteiger partial charge in [-0.2, -0.15) is 21.6 Å². The Kier molecular flexibility index (Phi) is 8.14. The van der Waals surface area contributed by atoms with Crippen molar-refractivity contribution in [1.82, 2.24) is 4.13 Å². The van der Waals surface area contributed by atoms with E-state index in [1.165, 1.54) is 0 Å². The lowest BCUT2D eigenvalue weighted by molar-refractivity contribution is -0.0442. The van der Waals surface area contributed by atoms with Crippen LogP contribution in [0.4, 0.5) is 13.2 Å². The van der Waals surface area contributed by atoms with Crippen LogP contribution in [-0.2, 0) is 24.5 Å². The molecule has 0 saturated carbocycles. The number of hydrogen-bond donors (Lipinski definition) is 1. The highest BCUT2D eigenvalue weighted by atomic mass is 32.3. The van der Waals surface area contributed by atoms with E-state index < -0.39 is 25.8 Å². The molecule has 0 saturated heterocycles. The van der Waals surface area contributed by atoms with Crippen molar-refractivity contribution in [1.29, 1.82) is 0 Å². The normalized spacial score (nSPS) is 13.8. The molecule has 128 valence electrons. The zero-order chi connectivity index (χ0) is 16.7.